The Morgan fingerprint density at radius 2 is 1.43 bits per heavy atom. The molecule has 202 valence electrons. The van der Waals surface area contributed by atoms with Gasteiger partial charge in [-0.3, -0.25) is 14.6 Å². The quantitative estimate of drug-likeness (QED) is 0.308. The number of hydrogen-bond acceptors (Lipinski definition) is 4. The molecule has 2 saturated heterocycles. The van der Waals surface area contributed by atoms with Gasteiger partial charge in [0, 0.05) is 31.2 Å². The van der Waals surface area contributed by atoms with Crippen LogP contribution in [0.15, 0.2) is 109 Å². The molecule has 6 nitrogen and oxygen atoms in total. The van der Waals surface area contributed by atoms with Crippen molar-refractivity contribution in [1.82, 2.24) is 15.1 Å². The Labute approximate surface area is 235 Å². The van der Waals surface area contributed by atoms with E-state index in [1.165, 1.54) is 5.56 Å². The van der Waals surface area contributed by atoms with Crippen LogP contribution in [-0.2, 0) is 11.3 Å². The van der Waals surface area contributed by atoms with E-state index in [9.17, 15) is 9.59 Å². The Balaban J connectivity index is 1.10. The average molecular weight is 532 g/mol. The van der Waals surface area contributed by atoms with Crippen LogP contribution < -0.4 is 5.32 Å². The maximum atomic E-state index is 12.9. The fraction of sp³-hybridized carbons (Fsp3) is 0.235. The van der Waals surface area contributed by atoms with Gasteiger partial charge in [-0.05, 0) is 46.4 Å². The van der Waals surface area contributed by atoms with Gasteiger partial charge in [-0.15, -0.1) is 0 Å². The standard InChI is InChI=1S/C34H33N3O3/c38-33(35-31-19-20-36(24-31)23-25-7-3-1-4-8-25)30-17-13-27(14-18-30)26-11-15-29(16-12-26)32(28-9-5-2-6-10-28)37-21-22-40-34(37)39/h1-18,31-32H,19-24H2,(H,35,38)/t31-,32+/m0/s1. The average Bonchev–Trinajstić information content (AvgIpc) is 3.63. The number of likely N-dealkylation sites (tertiary alicyclic amines) is 1. The molecule has 2 aliphatic rings. The molecule has 2 fully saturated rings. The van der Waals surface area contributed by atoms with Gasteiger partial charge in [0.05, 0.1) is 12.6 Å². The van der Waals surface area contributed by atoms with Gasteiger partial charge in [-0.1, -0.05) is 97.1 Å². The Morgan fingerprint density at radius 3 is 2.08 bits per heavy atom. The normalized spacial score (nSPS) is 17.9. The van der Waals surface area contributed by atoms with Crippen molar-refractivity contribution in [3.05, 3.63) is 131 Å². The molecule has 0 spiro atoms. The molecule has 2 amide bonds. The number of cyclic esters (lactones) is 1. The molecule has 40 heavy (non-hydrogen) atoms. The highest BCUT2D eigenvalue weighted by Gasteiger charge is 2.32. The van der Waals surface area contributed by atoms with E-state index in [1.807, 2.05) is 60.7 Å². The van der Waals surface area contributed by atoms with Gasteiger partial charge in [-0.25, -0.2) is 4.79 Å². The van der Waals surface area contributed by atoms with E-state index in [0.29, 0.717) is 18.7 Å². The second kappa shape index (κ2) is 11.8. The third-order valence-corrected chi connectivity index (χ3v) is 7.78. The van der Waals surface area contributed by atoms with Crippen LogP contribution in [0.5, 0.6) is 0 Å². The van der Waals surface area contributed by atoms with Crippen LogP contribution in [0.3, 0.4) is 0 Å². The monoisotopic (exact) mass is 531 g/mol. The van der Waals surface area contributed by atoms with Gasteiger partial charge >= 0.3 is 6.09 Å². The lowest BCUT2D eigenvalue weighted by molar-refractivity contribution is 0.0937. The van der Waals surface area contributed by atoms with E-state index in [1.54, 1.807) is 4.90 Å². The summed E-state index contributed by atoms with van der Waals surface area (Å²) >= 11 is 0. The first-order valence-corrected chi connectivity index (χ1v) is 13.9. The smallest absolute Gasteiger partial charge is 0.410 e. The lowest BCUT2D eigenvalue weighted by Gasteiger charge is -2.26. The summed E-state index contributed by atoms with van der Waals surface area (Å²) in [4.78, 5) is 29.5. The van der Waals surface area contributed by atoms with Crippen LogP contribution in [0.25, 0.3) is 11.1 Å². The van der Waals surface area contributed by atoms with E-state index in [0.717, 1.165) is 48.3 Å². The van der Waals surface area contributed by atoms with Gasteiger partial charge in [0.25, 0.3) is 5.91 Å². The van der Waals surface area contributed by atoms with E-state index in [2.05, 4.69) is 58.7 Å². The van der Waals surface area contributed by atoms with Gasteiger partial charge in [-0.2, -0.15) is 0 Å². The number of hydrogen-bond donors (Lipinski definition) is 1. The molecule has 0 bridgehead atoms. The van der Waals surface area contributed by atoms with Crippen molar-refractivity contribution in [3.8, 4) is 11.1 Å². The zero-order valence-corrected chi connectivity index (χ0v) is 22.4. The van der Waals surface area contributed by atoms with Crippen molar-refractivity contribution in [3.63, 3.8) is 0 Å². The number of rotatable bonds is 8. The minimum absolute atomic E-state index is 0.0309. The molecule has 2 heterocycles. The van der Waals surface area contributed by atoms with Crippen LogP contribution >= 0.6 is 0 Å². The minimum Gasteiger partial charge on any atom is -0.448 e. The maximum Gasteiger partial charge on any atom is 0.410 e. The van der Waals surface area contributed by atoms with E-state index >= 15 is 0 Å². The summed E-state index contributed by atoms with van der Waals surface area (Å²) in [5, 5.41) is 3.21. The van der Waals surface area contributed by atoms with E-state index in [-0.39, 0.29) is 24.1 Å². The lowest BCUT2D eigenvalue weighted by atomic mass is 9.95. The van der Waals surface area contributed by atoms with Gasteiger partial charge in [0.15, 0.2) is 0 Å². The van der Waals surface area contributed by atoms with Crippen molar-refractivity contribution < 1.29 is 14.3 Å². The molecule has 0 saturated carbocycles. The molecular formula is C34H33N3O3. The third-order valence-electron chi connectivity index (χ3n) is 7.78. The van der Waals surface area contributed by atoms with Crippen molar-refractivity contribution in [2.45, 2.75) is 25.0 Å². The van der Waals surface area contributed by atoms with Crippen molar-refractivity contribution in [1.29, 1.82) is 0 Å². The molecule has 2 aliphatic heterocycles. The summed E-state index contributed by atoms with van der Waals surface area (Å²) in [5.74, 6) is -0.0309. The Hall–Kier alpha value is -4.42. The minimum atomic E-state index is -0.284. The zero-order chi connectivity index (χ0) is 27.3. The molecule has 4 aromatic rings. The fourth-order valence-electron chi connectivity index (χ4n) is 5.70. The first kappa shape index (κ1) is 25.8. The summed E-state index contributed by atoms with van der Waals surface area (Å²) in [6.07, 6.45) is 0.676. The number of carbonyl (C=O) groups excluding carboxylic acids is 2. The second-order valence-electron chi connectivity index (χ2n) is 10.5. The number of amides is 2. The van der Waals surface area contributed by atoms with Crippen LogP contribution in [0, 0.1) is 0 Å². The molecular weight excluding hydrogens is 498 g/mol. The molecule has 4 aromatic carbocycles. The predicted molar refractivity (Wildman–Crippen MR) is 156 cm³/mol. The highest BCUT2D eigenvalue weighted by atomic mass is 16.6. The summed E-state index contributed by atoms with van der Waals surface area (Å²) < 4.78 is 5.24. The first-order chi connectivity index (χ1) is 19.6. The van der Waals surface area contributed by atoms with Crippen LogP contribution in [-0.4, -0.2) is 54.1 Å². The molecule has 0 radical (unpaired) electrons. The number of nitrogens with zero attached hydrogens (tertiary/aromatic N) is 2. The zero-order valence-electron chi connectivity index (χ0n) is 22.4. The van der Waals surface area contributed by atoms with Gasteiger partial charge < -0.3 is 10.1 Å². The lowest BCUT2D eigenvalue weighted by Crippen LogP contribution is -2.36. The van der Waals surface area contributed by atoms with Crippen molar-refractivity contribution in [2.24, 2.45) is 0 Å². The van der Waals surface area contributed by atoms with Crippen LogP contribution in [0.4, 0.5) is 4.79 Å². The third kappa shape index (κ3) is 5.77. The Kier molecular flexibility index (Phi) is 7.60. The number of benzene rings is 4. The van der Waals surface area contributed by atoms with Crippen LogP contribution in [0.2, 0.25) is 0 Å². The molecule has 2 atom stereocenters. The Morgan fingerprint density at radius 1 is 0.800 bits per heavy atom. The highest BCUT2D eigenvalue weighted by molar-refractivity contribution is 5.95. The molecule has 0 aliphatic carbocycles. The van der Waals surface area contributed by atoms with Crippen molar-refractivity contribution in [2.75, 3.05) is 26.2 Å². The second-order valence-corrected chi connectivity index (χ2v) is 10.5. The summed E-state index contributed by atoms with van der Waals surface area (Å²) in [5.41, 5.74) is 6.14. The highest BCUT2D eigenvalue weighted by Crippen LogP contribution is 2.32. The molecule has 6 heteroatoms. The van der Waals surface area contributed by atoms with E-state index < -0.39 is 0 Å². The maximum absolute atomic E-state index is 12.9. The predicted octanol–water partition coefficient (Wildman–Crippen LogP) is 5.90. The molecule has 1 N–H and O–H groups in total. The topological polar surface area (TPSA) is 61.9 Å². The first-order valence-electron chi connectivity index (χ1n) is 13.9. The Bertz CT molecular complexity index is 1440. The van der Waals surface area contributed by atoms with Gasteiger partial charge in [0.2, 0.25) is 0 Å². The molecule has 6 rings (SSSR count). The van der Waals surface area contributed by atoms with E-state index in [4.69, 9.17) is 4.74 Å². The largest absolute Gasteiger partial charge is 0.448 e. The molecule has 0 aromatic heterocycles. The number of ether oxygens (including phenoxy) is 1. The van der Waals surface area contributed by atoms with Crippen molar-refractivity contribution >= 4 is 12.0 Å². The fourth-order valence-corrected chi connectivity index (χ4v) is 5.70. The summed E-state index contributed by atoms with van der Waals surface area (Å²) in [6.45, 7) is 3.74. The van der Waals surface area contributed by atoms with Crippen LogP contribution in [0.1, 0.15) is 39.5 Å². The summed E-state index contributed by atoms with van der Waals surface area (Å²) in [7, 11) is 0. The van der Waals surface area contributed by atoms with Gasteiger partial charge in [0.1, 0.15) is 6.61 Å². The summed E-state index contributed by atoms with van der Waals surface area (Å²) in [6, 6.07) is 36.5. The molecule has 0 unspecified atom stereocenters. The number of nitrogens with one attached hydrogen (secondary N) is 1. The number of carbonyl (C=O) groups is 2. The SMILES string of the molecule is O=C(N[C@H]1CCN(Cc2ccccc2)C1)c1ccc(-c2ccc([C@@H](c3ccccc3)N3CCOC3=O)cc2)cc1.